The van der Waals surface area contributed by atoms with Gasteiger partial charge >= 0.3 is 5.97 Å². The molecule has 31 heavy (non-hydrogen) atoms. The zero-order chi connectivity index (χ0) is 22.4. The van der Waals surface area contributed by atoms with Crippen molar-refractivity contribution in [3.63, 3.8) is 0 Å². The lowest BCUT2D eigenvalue weighted by Crippen LogP contribution is -2.19. The van der Waals surface area contributed by atoms with Gasteiger partial charge in [0.15, 0.2) is 11.5 Å². The number of carboxylic acids is 1. The average Bonchev–Trinajstić information content (AvgIpc) is 3.22. The van der Waals surface area contributed by atoms with Crippen LogP contribution in [0.25, 0.3) is 11.3 Å². The van der Waals surface area contributed by atoms with Crippen molar-refractivity contribution in [2.75, 3.05) is 14.2 Å². The molecule has 0 atom stereocenters. The number of carbonyl (C=O) groups excluding carboxylic acids is 1. The minimum atomic E-state index is -1.13. The highest BCUT2D eigenvalue weighted by Crippen LogP contribution is 2.28. The number of carbonyl (C=O) groups is 2. The topological polar surface area (TPSA) is 110 Å². The molecular weight excluding hydrogens is 424 g/mol. The van der Waals surface area contributed by atoms with Gasteiger partial charge in [0.1, 0.15) is 11.5 Å². The maximum atomic E-state index is 12.1. The van der Waals surface area contributed by atoms with Crippen molar-refractivity contribution in [2.24, 2.45) is 5.10 Å². The van der Waals surface area contributed by atoms with Gasteiger partial charge in [0.2, 0.25) is 5.91 Å². The van der Waals surface area contributed by atoms with E-state index in [1.807, 2.05) is 0 Å². The molecule has 0 aliphatic heterocycles. The Balaban J connectivity index is 1.62. The maximum Gasteiger partial charge on any atom is 0.337 e. The normalized spacial score (nSPS) is 10.8. The second kappa shape index (κ2) is 9.82. The highest BCUT2D eigenvalue weighted by molar-refractivity contribution is 6.33. The number of rotatable bonds is 8. The fourth-order valence-corrected chi connectivity index (χ4v) is 3.00. The summed E-state index contributed by atoms with van der Waals surface area (Å²) >= 11 is 5.89. The summed E-state index contributed by atoms with van der Waals surface area (Å²) in [5.74, 6) is 0.490. The first-order valence-corrected chi connectivity index (χ1v) is 9.45. The number of aromatic carboxylic acids is 1. The molecule has 160 valence electrons. The van der Waals surface area contributed by atoms with E-state index in [0.29, 0.717) is 28.6 Å². The number of benzene rings is 2. The third-order valence-electron chi connectivity index (χ3n) is 4.30. The number of methoxy groups -OCH3 is 2. The van der Waals surface area contributed by atoms with Crippen molar-refractivity contribution >= 4 is 29.7 Å². The summed E-state index contributed by atoms with van der Waals surface area (Å²) in [6.07, 6.45) is 1.45. The Morgan fingerprint density at radius 2 is 1.87 bits per heavy atom. The number of nitrogens with one attached hydrogen (secondary N) is 1. The van der Waals surface area contributed by atoms with Gasteiger partial charge in [-0.05, 0) is 48.0 Å². The number of hydrogen-bond donors (Lipinski definition) is 2. The SMILES string of the molecule is COc1ccc(CC(=O)N/N=C\c2ccc(-c3ccc(Cl)c(C(=O)O)c3)o2)cc1OC. The van der Waals surface area contributed by atoms with E-state index in [9.17, 15) is 14.7 Å². The molecule has 9 heteroatoms. The van der Waals surface area contributed by atoms with Crippen molar-refractivity contribution in [1.82, 2.24) is 5.43 Å². The Labute approximate surface area is 183 Å². The Kier molecular flexibility index (Phi) is 6.94. The van der Waals surface area contributed by atoms with Crippen LogP contribution in [-0.2, 0) is 11.2 Å². The molecular formula is C22H19ClN2O6. The molecule has 0 radical (unpaired) electrons. The van der Waals surface area contributed by atoms with Gasteiger partial charge in [-0.1, -0.05) is 17.7 Å². The van der Waals surface area contributed by atoms with Crippen LogP contribution < -0.4 is 14.9 Å². The standard InChI is InChI=1S/C22H19ClN2O6/c1-29-19-7-3-13(9-20(19)30-2)10-21(26)25-24-12-15-5-8-18(31-15)14-4-6-17(23)16(11-14)22(27)28/h3-9,11-12H,10H2,1-2H3,(H,25,26)(H,27,28)/b24-12-. The summed E-state index contributed by atoms with van der Waals surface area (Å²) in [7, 11) is 3.06. The molecule has 1 amide bonds. The molecule has 0 aliphatic rings. The number of furan rings is 1. The number of ether oxygens (including phenoxy) is 2. The van der Waals surface area contributed by atoms with Crippen LogP contribution in [-0.4, -0.2) is 37.4 Å². The van der Waals surface area contributed by atoms with Gasteiger partial charge in [0.25, 0.3) is 0 Å². The van der Waals surface area contributed by atoms with Crippen molar-refractivity contribution in [3.05, 3.63) is 70.4 Å². The number of hydrazone groups is 1. The van der Waals surface area contributed by atoms with Gasteiger partial charge in [-0.3, -0.25) is 4.79 Å². The minimum absolute atomic E-state index is 0.0202. The van der Waals surface area contributed by atoms with Gasteiger partial charge < -0.3 is 19.0 Å². The molecule has 0 saturated carbocycles. The van der Waals surface area contributed by atoms with Gasteiger partial charge in [-0.15, -0.1) is 0 Å². The third kappa shape index (κ3) is 5.43. The molecule has 2 N–H and O–H groups in total. The second-order valence-electron chi connectivity index (χ2n) is 6.36. The zero-order valence-electron chi connectivity index (χ0n) is 16.7. The average molecular weight is 443 g/mol. The summed E-state index contributed by atoms with van der Waals surface area (Å²) < 4.78 is 16.0. The lowest BCUT2D eigenvalue weighted by atomic mass is 10.1. The number of hydrogen-bond acceptors (Lipinski definition) is 6. The van der Waals surface area contributed by atoms with Crippen LogP contribution in [0.1, 0.15) is 21.7 Å². The molecule has 0 fully saturated rings. The van der Waals surface area contributed by atoms with Crippen molar-refractivity contribution in [1.29, 1.82) is 0 Å². The molecule has 1 heterocycles. The molecule has 3 aromatic rings. The van der Waals surface area contributed by atoms with Gasteiger partial charge in [0.05, 0.1) is 37.4 Å². The quantitative estimate of drug-likeness (QED) is 0.403. The third-order valence-corrected chi connectivity index (χ3v) is 4.63. The Morgan fingerprint density at radius 1 is 1.10 bits per heavy atom. The summed E-state index contributed by atoms with van der Waals surface area (Å²) in [5.41, 5.74) is 3.70. The van der Waals surface area contributed by atoms with Crippen LogP contribution in [0.2, 0.25) is 5.02 Å². The summed E-state index contributed by atoms with van der Waals surface area (Å²) in [6, 6.07) is 13.1. The number of carboxylic acid groups (broad SMARTS) is 1. The monoisotopic (exact) mass is 442 g/mol. The molecule has 0 bridgehead atoms. The molecule has 8 nitrogen and oxygen atoms in total. The van der Waals surface area contributed by atoms with E-state index in [1.54, 1.807) is 36.4 Å². The van der Waals surface area contributed by atoms with Gasteiger partial charge in [-0.2, -0.15) is 5.10 Å². The van der Waals surface area contributed by atoms with E-state index in [-0.39, 0.29) is 22.9 Å². The van der Waals surface area contributed by atoms with Gasteiger partial charge in [-0.25, -0.2) is 10.2 Å². The lowest BCUT2D eigenvalue weighted by Gasteiger charge is -2.09. The predicted octanol–water partition coefficient (Wildman–Crippen LogP) is 4.01. The first kappa shape index (κ1) is 21.9. The number of nitrogens with zero attached hydrogens (tertiary/aromatic N) is 1. The smallest absolute Gasteiger partial charge is 0.337 e. The van der Waals surface area contributed by atoms with Gasteiger partial charge in [0, 0.05) is 5.56 Å². The van der Waals surface area contributed by atoms with Crippen LogP contribution in [0.4, 0.5) is 0 Å². The van der Waals surface area contributed by atoms with Crippen LogP contribution in [0, 0.1) is 0 Å². The first-order chi connectivity index (χ1) is 14.9. The minimum Gasteiger partial charge on any atom is -0.493 e. The van der Waals surface area contributed by atoms with Crippen LogP contribution in [0.15, 0.2) is 58.0 Å². The lowest BCUT2D eigenvalue weighted by molar-refractivity contribution is -0.120. The van der Waals surface area contributed by atoms with Crippen LogP contribution in [0.5, 0.6) is 11.5 Å². The van der Waals surface area contributed by atoms with E-state index >= 15 is 0 Å². The molecule has 0 unspecified atom stereocenters. The zero-order valence-corrected chi connectivity index (χ0v) is 17.5. The fourth-order valence-electron chi connectivity index (χ4n) is 2.80. The van der Waals surface area contributed by atoms with E-state index in [2.05, 4.69) is 10.5 Å². The molecule has 1 aromatic heterocycles. The Morgan fingerprint density at radius 3 is 2.58 bits per heavy atom. The van der Waals surface area contributed by atoms with E-state index in [0.717, 1.165) is 5.56 Å². The predicted molar refractivity (Wildman–Crippen MR) is 115 cm³/mol. The summed E-state index contributed by atoms with van der Waals surface area (Å²) in [4.78, 5) is 23.3. The summed E-state index contributed by atoms with van der Waals surface area (Å²) in [6.45, 7) is 0. The van der Waals surface area contributed by atoms with Crippen molar-refractivity contribution < 1.29 is 28.6 Å². The van der Waals surface area contributed by atoms with Crippen molar-refractivity contribution in [2.45, 2.75) is 6.42 Å². The highest BCUT2D eigenvalue weighted by Gasteiger charge is 2.12. The Bertz CT molecular complexity index is 1140. The van der Waals surface area contributed by atoms with Crippen molar-refractivity contribution in [3.8, 4) is 22.8 Å². The van der Waals surface area contributed by atoms with Crippen LogP contribution >= 0.6 is 11.6 Å². The highest BCUT2D eigenvalue weighted by atomic mass is 35.5. The molecule has 2 aromatic carbocycles. The number of halogens is 1. The second-order valence-corrected chi connectivity index (χ2v) is 6.77. The fraction of sp³-hybridized carbons (Fsp3) is 0.136. The molecule has 0 saturated heterocycles. The molecule has 0 spiro atoms. The number of amides is 1. The van der Waals surface area contributed by atoms with E-state index in [1.165, 1.54) is 32.6 Å². The van der Waals surface area contributed by atoms with E-state index < -0.39 is 5.97 Å². The van der Waals surface area contributed by atoms with Crippen LogP contribution in [0.3, 0.4) is 0 Å². The maximum absolute atomic E-state index is 12.1. The molecule has 0 aliphatic carbocycles. The van der Waals surface area contributed by atoms with E-state index in [4.69, 9.17) is 25.5 Å². The molecule has 3 rings (SSSR count). The Hall–Kier alpha value is -3.78. The largest absolute Gasteiger partial charge is 0.493 e. The summed E-state index contributed by atoms with van der Waals surface area (Å²) in [5, 5.41) is 13.2. The first-order valence-electron chi connectivity index (χ1n) is 9.07.